The van der Waals surface area contributed by atoms with Crippen LogP contribution in [0.3, 0.4) is 0 Å². The summed E-state index contributed by atoms with van der Waals surface area (Å²) in [6.07, 6.45) is -1.07. The van der Waals surface area contributed by atoms with Crippen LogP contribution in [0.5, 0.6) is 5.75 Å². The summed E-state index contributed by atoms with van der Waals surface area (Å²) in [4.78, 5) is 35.2. The molecular formula is C19H17N3O5. The Balaban J connectivity index is 1.86. The first-order valence-corrected chi connectivity index (χ1v) is 7.93. The minimum atomic E-state index is -1.07. The fourth-order valence-corrected chi connectivity index (χ4v) is 2.09. The second-order valence-electron chi connectivity index (χ2n) is 5.46. The van der Waals surface area contributed by atoms with Crippen LogP contribution >= 0.6 is 0 Å². The van der Waals surface area contributed by atoms with Gasteiger partial charge >= 0.3 is 5.97 Å². The van der Waals surface area contributed by atoms with Gasteiger partial charge in [-0.1, -0.05) is 12.1 Å². The number of carbonyl (C=O) groups is 3. The fraction of sp³-hybridized carbons (Fsp3) is 0.158. The summed E-state index contributed by atoms with van der Waals surface area (Å²) in [6.45, 7) is 0.924. The Bertz CT molecular complexity index is 887. The van der Waals surface area contributed by atoms with Gasteiger partial charge in [0.05, 0.1) is 17.2 Å². The molecule has 27 heavy (non-hydrogen) atoms. The van der Waals surface area contributed by atoms with E-state index in [1.807, 2.05) is 6.07 Å². The van der Waals surface area contributed by atoms with Gasteiger partial charge in [0.1, 0.15) is 5.75 Å². The molecule has 0 radical (unpaired) electrons. The molecule has 0 heterocycles. The van der Waals surface area contributed by atoms with Crippen LogP contribution in [0.4, 0.5) is 5.69 Å². The van der Waals surface area contributed by atoms with Crippen molar-refractivity contribution in [3.63, 3.8) is 0 Å². The molecule has 0 saturated carbocycles. The Morgan fingerprint density at radius 2 is 1.81 bits per heavy atom. The van der Waals surface area contributed by atoms with Crippen LogP contribution in [-0.2, 0) is 14.3 Å². The van der Waals surface area contributed by atoms with Gasteiger partial charge in [0, 0.05) is 5.69 Å². The van der Waals surface area contributed by atoms with Gasteiger partial charge in [0.25, 0.3) is 11.8 Å². The SMILES string of the molecule is C[C@H](OC(=O)COc1ccccc1C(N)=O)C(=O)Nc1ccc(C#N)cc1. The first-order chi connectivity index (χ1) is 12.9. The van der Waals surface area contributed by atoms with E-state index in [4.69, 9.17) is 20.5 Å². The van der Waals surface area contributed by atoms with Gasteiger partial charge in [-0.3, -0.25) is 9.59 Å². The van der Waals surface area contributed by atoms with E-state index >= 15 is 0 Å². The van der Waals surface area contributed by atoms with Crippen LogP contribution in [-0.4, -0.2) is 30.5 Å². The number of para-hydroxylation sites is 1. The third-order valence-electron chi connectivity index (χ3n) is 3.46. The molecule has 2 aromatic carbocycles. The topological polar surface area (TPSA) is 132 Å². The third kappa shape index (κ3) is 5.57. The van der Waals surface area contributed by atoms with E-state index < -0.39 is 30.5 Å². The molecule has 0 spiro atoms. The van der Waals surface area contributed by atoms with Crippen LogP contribution in [0.15, 0.2) is 48.5 Å². The lowest BCUT2D eigenvalue weighted by atomic mass is 10.2. The maximum atomic E-state index is 12.1. The predicted octanol–water partition coefficient (Wildman–Crippen LogP) is 1.61. The molecular weight excluding hydrogens is 350 g/mol. The summed E-state index contributed by atoms with van der Waals surface area (Å²) in [5.74, 6) is -1.85. The zero-order chi connectivity index (χ0) is 19.8. The van der Waals surface area contributed by atoms with E-state index in [1.165, 1.54) is 19.1 Å². The minimum absolute atomic E-state index is 0.136. The number of rotatable bonds is 7. The molecule has 2 rings (SSSR count). The van der Waals surface area contributed by atoms with Gasteiger partial charge in [-0.05, 0) is 43.3 Å². The monoisotopic (exact) mass is 367 g/mol. The third-order valence-corrected chi connectivity index (χ3v) is 3.46. The lowest BCUT2D eigenvalue weighted by Crippen LogP contribution is -2.31. The number of hydrogen-bond acceptors (Lipinski definition) is 6. The maximum Gasteiger partial charge on any atom is 0.344 e. The largest absolute Gasteiger partial charge is 0.481 e. The molecule has 0 saturated heterocycles. The standard InChI is InChI=1S/C19H17N3O5/c1-12(19(25)22-14-8-6-13(10-20)7-9-14)27-17(23)11-26-16-5-3-2-4-15(16)18(21)24/h2-9,12H,11H2,1H3,(H2,21,24)(H,22,25)/t12-/m0/s1. The first kappa shape index (κ1) is 19.5. The molecule has 0 aliphatic rings. The molecule has 0 bridgehead atoms. The van der Waals surface area contributed by atoms with E-state index in [9.17, 15) is 14.4 Å². The first-order valence-electron chi connectivity index (χ1n) is 7.93. The lowest BCUT2D eigenvalue weighted by Gasteiger charge is -2.14. The van der Waals surface area contributed by atoms with Crippen LogP contribution in [0.2, 0.25) is 0 Å². The Morgan fingerprint density at radius 1 is 1.15 bits per heavy atom. The van der Waals surface area contributed by atoms with Gasteiger partial charge in [0.2, 0.25) is 0 Å². The molecule has 1 atom stereocenters. The number of nitrogens with zero attached hydrogens (tertiary/aromatic N) is 1. The molecule has 0 fully saturated rings. The van der Waals surface area contributed by atoms with Crippen molar-refractivity contribution in [3.8, 4) is 11.8 Å². The summed E-state index contributed by atoms with van der Waals surface area (Å²) in [5.41, 5.74) is 6.29. The van der Waals surface area contributed by atoms with Gasteiger partial charge in [-0.2, -0.15) is 5.26 Å². The predicted molar refractivity (Wildman–Crippen MR) is 95.8 cm³/mol. The second-order valence-corrected chi connectivity index (χ2v) is 5.46. The quantitative estimate of drug-likeness (QED) is 0.715. The summed E-state index contributed by atoms with van der Waals surface area (Å²) < 4.78 is 10.3. The summed E-state index contributed by atoms with van der Waals surface area (Å²) in [6, 6.07) is 14.4. The van der Waals surface area contributed by atoms with E-state index in [1.54, 1.807) is 36.4 Å². The number of hydrogen-bond donors (Lipinski definition) is 2. The van der Waals surface area contributed by atoms with E-state index in [0.717, 1.165) is 0 Å². The van der Waals surface area contributed by atoms with Crippen molar-refractivity contribution < 1.29 is 23.9 Å². The van der Waals surface area contributed by atoms with E-state index in [-0.39, 0.29) is 11.3 Å². The number of ether oxygens (including phenoxy) is 2. The number of anilines is 1. The van der Waals surface area contributed by atoms with Crippen LogP contribution in [0, 0.1) is 11.3 Å². The Hall–Kier alpha value is -3.86. The molecule has 0 aliphatic carbocycles. The van der Waals surface area contributed by atoms with Crippen molar-refractivity contribution in [2.75, 3.05) is 11.9 Å². The van der Waals surface area contributed by atoms with Crippen LogP contribution in [0.1, 0.15) is 22.8 Å². The van der Waals surface area contributed by atoms with E-state index in [0.29, 0.717) is 11.3 Å². The number of amides is 2. The van der Waals surface area contributed by atoms with Crippen molar-refractivity contribution >= 4 is 23.5 Å². The molecule has 8 heteroatoms. The van der Waals surface area contributed by atoms with Crippen molar-refractivity contribution in [2.24, 2.45) is 5.73 Å². The van der Waals surface area contributed by atoms with Crippen molar-refractivity contribution in [1.29, 1.82) is 5.26 Å². The van der Waals surface area contributed by atoms with Crippen LogP contribution < -0.4 is 15.8 Å². The van der Waals surface area contributed by atoms with E-state index in [2.05, 4.69) is 5.32 Å². The maximum absolute atomic E-state index is 12.1. The number of primary amides is 1. The summed E-state index contributed by atoms with van der Waals surface area (Å²) in [5, 5.41) is 11.3. The number of nitrogens with two attached hydrogens (primary N) is 1. The highest BCUT2D eigenvalue weighted by Crippen LogP contribution is 2.17. The molecule has 0 aliphatic heterocycles. The zero-order valence-corrected chi connectivity index (χ0v) is 14.5. The van der Waals surface area contributed by atoms with Gasteiger partial charge in [-0.25, -0.2) is 4.79 Å². The number of nitriles is 1. The van der Waals surface area contributed by atoms with Crippen molar-refractivity contribution in [1.82, 2.24) is 0 Å². The minimum Gasteiger partial charge on any atom is -0.481 e. The number of benzene rings is 2. The smallest absolute Gasteiger partial charge is 0.344 e. The molecule has 2 amide bonds. The van der Waals surface area contributed by atoms with Crippen LogP contribution in [0.25, 0.3) is 0 Å². The highest BCUT2D eigenvalue weighted by Gasteiger charge is 2.19. The van der Waals surface area contributed by atoms with Gasteiger partial charge < -0.3 is 20.5 Å². The number of esters is 1. The van der Waals surface area contributed by atoms with Gasteiger partial charge in [0.15, 0.2) is 12.7 Å². The molecule has 8 nitrogen and oxygen atoms in total. The van der Waals surface area contributed by atoms with Crippen molar-refractivity contribution in [3.05, 3.63) is 59.7 Å². The molecule has 2 aromatic rings. The summed E-state index contributed by atoms with van der Waals surface area (Å²) >= 11 is 0. The Kier molecular flexibility index (Phi) is 6.49. The molecule has 0 aromatic heterocycles. The Morgan fingerprint density at radius 3 is 2.44 bits per heavy atom. The lowest BCUT2D eigenvalue weighted by molar-refractivity contribution is -0.155. The molecule has 3 N–H and O–H groups in total. The highest BCUT2D eigenvalue weighted by molar-refractivity contribution is 5.96. The number of carbonyl (C=O) groups excluding carboxylic acids is 3. The second kappa shape index (κ2) is 9.01. The van der Waals surface area contributed by atoms with Crippen molar-refractivity contribution in [2.45, 2.75) is 13.0 Å². The van der Waals surface area contributed by atoms with Gasteiger partial charge in [-0.15, -0.1) is 0 Å². The number of nitrogens with one attached hydrogen (secondary N) is 1. The Labute approximate surface area is 155 Å². The molecule has 0 unspecified atom stereocenters. The average Bonchev–Trinajstić information content (AvgIpc) is 2.67. The molecule has 138 valence electrons. The normalized spacial score (nSPS) is 11.0. The average molecular weight is 367 g/mol. The fourth-order valence-electron chi connectivity index (χ4n) is 2.09. The zero-order valence-electron chi connectivity index (χ0n) is 14.5. The highest BCUT2D eigenvalue weighted by atomic mass is 16.6. The summed E-state index contributed by atoms with van der Waals surface area (Å²) in [7, 11) is 0.